The van der Waals surface area contributed by atoms with Crippen LogP contribution in [0.4, 0.5) is 5.82 Å². The van der Waals surface area contributed by atoms with E-state index in [0.717, 1.165) is 44.6 Å². The van der Waals surface area contributed by atoms with E-state index in [1.165, 1.54) is 22.3 Å². The van der Waals surface area contributed by atoms with Crippen molar-refractivity contribution >= 4 is 11.7 Å². The number of piperidine rings is 1. The van der Waals surface area contributed by atoms with E-state index < -0.39 is 5.41 Å². The fourth-order valence-electron chi connectivity index (χ4n) is 5.27. The van der Waals surface area contributed by atoms with Gasteiger partial charge in [-0.25, -0.2) is 4.98 Å². The van der Waals surface area contributed by atoms with Crippen molar-refractivity contribution in [3.05, 3.63) is 58.8 Å². The molecule has 31 heavy (non-hydrogen) atoms. The van der Waals surface area contributed by atoms with Gasteiger partial charge in [-0.05, 0) is 62.8 Å². The summed E-state index contributed by atoms with van der Waals surface area (Å²) in [4.78, 5) is 22.7. The predicted molar refractivity (Wildman–Crippen MR) is 125 cm³/mol. The second-order valence-corrected chi connectivity index (χ2v) is 9.50. The lowest BCUT2D eigenvalue weighted by Gasteiger charge is -2.43. The standard InChI is InChI=1S/C26H35N3O2/c1-19-14-20(2)16-23(15-19)26(8-12-31-13-9-26)25(30)29-11-5-6-22(18-29)21-7-10-27-24(17-21)28(3)4/h7,10,14-17,22H,5-6,8-9,11-13,18H2,1-4H3/t22-/m1/s1. The Labute approximate surface area is 186 Å². The van der Waals surface area contributed by atoms with Gasteiger partial charge in [-0.1, -0.05) is 29.3 Å². The maximum Gasteiger partial charge on any atom is 0.233 e. The molecule has 1 amide bonds. The average molecular weight is 422 g/mol. The molecule has 1 aromatic carbocycles. The van der Waals surface area contributed by atoms with Gasteiger partial charge in [0.15, 0.2) is 0 Å². The summed E-state index contributed by atoms with van der Waals surface area (Å²) in [5, 5.41) is 0. The van der Waals surface area contributed by atoms with Gasteiger partial charge in [0.05, 0.1) is 5.41 Å². The summed E-state index contributed by atoms with van der Waals surface area (Å²) in [5.74, 6) is 1.61. The van der Waals surface area contributed by atoms with Gasteiger partial charge in [-0.15, -0.1) is 0 Å². The van der Waals surface area contributed by atoms with E-state index in [0.29, 0.717) is 19.1 Å². The number of nitrogens with zero attached hydrogens (tertiary/aromatic N) is 3. The zero-order valence-electron chi connectivity index (χ0n) is 19.4. The average Bonchev–Trinajstić information content (AvgIpc) is 2.78. The second kappa shape index (κ2) is 8.99. The van der Waals surface area contributed by atoms with Crippen LogP contribution in [0.15, 0.2) is 36.5 Å². The molecular weight excluding hydrogens is 386 g/mol. The molecule has 0 unspecified atom stereocenters. The Balaban J connectivity index is 1.62. The number of likely N-dealkylation sites (tertiary alicyclic amines) is 1. The number of rotatable bonds is 4. The number of pyridine rings is 1. The maximum absolute atomic E-state index is 14.1. The minimum absolute atomic E-state index is 0.285. The Morgan fingerprint density at radius 3 is 2.52 bits per heavy atom. The molecule has 0 spiro atoms. The number of anilines is 1. The first-order valence-corrected chi connectivity index (χ1v) is 11.5. The Hall–Kier alpha value is -2.40. The predicted octanol–water partition coefficient (Wildman–Crippen LogP) is 4.22. The summed E-state index contributed by atoms with van der Waals surface area (Å²) in [6.07, 6.45) is 5.56. The number of amides is 1. The van der Waals surface area contributed by atoms with Gasteiger partial charge in [0.1, 0.15) is 5.82 Å². The number of aromatic nitrogens is 1. The lowest BCUT2D eigenvalue weighted by molar-refractivity contribution is -0.142. The number of hydrogen-bond donors (Lipinski definition) is 0. The number of aryl methyl sites for hydroxylation is 2. The van der Waals surface area contributed by atoms with E-state index in [2.05, 4.69) is 54.1 Å². The van der Waals surface area contributed by atoms with E-state index in [4.69, 9.17) is 4.74 Å². The normalized spacial score (nSPS) is 21.0. The smallest absolute Gasteiger partial charge is 0.233 e. The van der Waals surface area contributed by atoms with Crippen molar-refractivity contribution in [3.8, 4) is 0 Å². The Kier molecular flexibility index (Phi) is 6.33. The molecule has 3 heterocycles. The third-order valence-corrected chi connectivity index (χ3v) is 6.94. The highest BCUT2D eigenvalue weighted by molar-refractivity contribution is 5.88. The number of hydrogen-bond acceptors (Lipinski definition) is 4. The molecule has 2 aromatic rings. The van der Waals surface area contributed by atoms with Crippen molar-refractivity contribution in [2.75, 3.05) is 45.3 Å². The molecule has 0 radical (unpaired) electrons. The van der Waals surface area contributed by atoms with Gasteiger partial charge in [-0.3, -0.25) is 4.79 Å². The van der Waals surface area contributed by atoms with Crippen molar-refractivity contribution in [3.63, 3.8) is 0 Å². The SMILES string of the molecule is Cc1cc(C)cc(C2(C(=O)N3CCC[C@@H](c4ccnc(N(C)C)c4)C3)CCOCC2)c1. The summed E-state index contributed by atoms with van der Waals surface area (Å²) >= 11 is 0. The summed E-state index contributed by atoms with van der Waals surface area (Å²) in [5.41, 5.74) is 4.42. The van der Waals surface area contributed by atoms with Crippen LogP contribution in [0.5, 0.6) is 0 Å². The van der Waals surface area contributed by atoms with E-state index in [1.54, 1.807) is 0 Å². The summed E-state index contributed by atoms with van der Waals surface area (Å²) in [6.45, 7) is 7.16. The van der Waals surface area contributed by atoms with Gasteiger partial charge in [0, 0.05) is 52.5 Å². The molecule has 5 nitrogen and oxygen atoms in total. The van der Waals surface area contributed by atoms with Crippen LogP contribution in [-0.4, -0.2) is 56.2 Å². The molecule has 2 aliphatic rings. The first kappa shape index (κ1) is 21.8. The van der Waals surface area contributed by atoms with Gasteiger partial charge in [0.25, 0.3) is 0 Å². The van der Waals surface area contributed by atoms with Crippen molar-refractivity contribution in [2.24, 2.45) is 0 Å². The molecule has 2 fully saturated rings. The highest BCUT2D eigenvalue weighted by atomic mass is 16.5. The molecule has 0 bridgehead atoms. The molecule has 0 aliphatic carbocycles. The van der Waals surface area contributed by atoms with Gasteiger partial charge >= 0.3 is 0 Å². The van der Waals surface area contributed by atoms with E-state index in [-0.39, 0.29) is 5.91 Å². The molecule has 1 aromatic heterocycles. The molecule has 2 saturated heterocycles. The van der Waals surface area contributed by atoms with E-state index in [1.807, 2.05) is 25.2 Å². The molecular formula is C26H35N3O2. The molecule has 5 heteroatoms. The summed E-state index contributed by atoms with van der Waals surface area (Å²) in [6, 6.07) is 10.9. The number of benzene rings is 1. The minimum Gasteiger partial charge on any atom is -0.381 e. The number of carbonyl (C=O) groups excluding carboxylic acids is 1. The molecule has 2 aliphatic heterocycles. The third kappa shape index (κ3) is 4.47. The topological polar surface area (TPSA) is 45.7 Å². The first-order chi connectivity index (χ1) is 14.9. The Morgan fingerprint density at radius 2 is 1.84 bits per heavy atom. The fraction of sp³-hybridized carbons (Fsp3) is 0.538. The first-order valence-electron chi connectivity index (χ1n) is 11.5. The van der Waals surface area contributed by atoms with Crippen molar-refractivity contribution < 1.29 is 9.53 Å². The number of ether oxygens (including phenoxy) is 1. The van der Waals surface area contributed by atoms with Crippen LogP contribution in [0.1, 0.15) is 53.9 Å². The third-order valence-electron chi connectivity index (χ3n) is 6.94. The Bertz CT molecular complexity index is 914. The van der Waals surface area contributed by atoms with Gasteiger partial charge in [-0.2, -0.15) is 0 Å². The van der Waals surface area contributed by atoms with Crippen LogP contribution in [-0.2, 0) is 14.9 Å². The maximum atomic E-state index is 14.1. The number of carbonyl (C=O) groups is 1. The zero-order valence-corrected chi connectivity index (χ0v) is 19.4. The molecule has 1 atom stereocenters. The van der Waals surface area contributed by atoms with Crippen LogP contribution >= 0.6 is 0 Å². The van der Waals surface area contributed by atoms with Crippen LogP contribution in [0.3, 0.4) is 0 Å². The molecule has 0 saturated carbocycles. The quantitative estimate of drug-likeness (QED) is 0.742. The second-order valence-electron chi connectivity index (χ2n) is 9.50. The van der Waals surface area contributed by atoms with Crippen molar-refractivity contribution in [1.82, 2.24) is 9.88 Å². The highest BCUT2D eigenvalue weighted by Crippen LogP contribution is 2.39. The monoisotopic (exact) mass is 421 g/mol. The van der Waals surface area contributed by atoms with Crippen LogP contribution in [0, 0.1) is 13.8 Å². The summed E-state index contributed by atoms with van der Waals surface area (Å²) in [7, 11) is 4.03. The van der Waals surface area contributed by atoms with Crippen LogP contribution in [0.2, 0.25) is 0 Å². The molecule has 4 rings (SSSR count). The van der Waals surface area contributed by atoms with Crippen LogP contribution < -0.4 is 4.90 Å². The lowest BCUT2D eigenvalue weighted by atomic mass is 9.71. The van der Waals surface area contributed by atoms with E-state index >= 15 is 0 Å². The van der Waals surface area contributed by atoms with Crippen molar-refractivity contribution in [2.45, 2.75) is 50.9 Å². The highest BCUT2D eigenvalue weighted by Gasteiger charge is 2.45. The molecule has 166 valence electrons. The van der Waals surface area contributed by atoms with Gasteiger partial charge < -0.3 is 14.5 Å². The summed E-state index contributed by atoms with van der Waals surface area (Å²) < 4.78 is 5.69. The van der Waals surface area contributed by atoms with E-state index in [9.17, 15) is 4.79 Å². The fourth-order valence-corrected chi connectivity index (χ4v) is 5.27. The van der Waals surface area contributed by atoms with Gasteiger partial charge in [0.2, 0.25) is 5.91 Å². The molecule has 0 N–H and O–H groups in total. The lowest BCUT2D eigenvalue weighted by Crippen LogP contribution is -2.52. The zero-order chi connectivity index (χ0) is 22.0. The van der Waals surface area contributed by atoms with Crippen LogP contribution in [0.25, 0.3) is 0 Å². The minimum atomic E-state index is -0.468. The Morgan fingerprint density at radius 1 is 1.13 bits per heavy atom. The van der Waals surface area contributed by atoms with Crippen molar-refractivity contribution in [1.29, 1.82) is 0 Å². The largest absolute Gasteiger partial charge is 0.381 e.